The third-order valence-electron chi connectivity index (χ3n) is 5.20. The summed E-state index contributed by atoms with van der Waals surface area (Å²) < 4.78 is 19.1. The molecule has 2 aromatic carbocycles. The maximum absolute atomic E-state index is 13.7. The van der Waals surface area contributed by atoms with Crippen LogP contribution in [0, 0.1) is 12.7 Å². The molecule has 10 heteroatoms. The fourth-order valence-electron chi connectivity index (χ4n) is 3.58. The number of pyridine rings is 1. The van der Waals surface area contributed by atoms with E-state index in [1.54, 1.807) is 43.5 Å². The number of nitrogens with two attached hydrogens (primary N) is 1. The summed E-state index contributed by atoms with van der Waals surface area (Å²) in [5.74, 6) is -1.52. The fourth-order valence-corrected chi connectivity index (χ4v) is 3.58. The second kappa shape index (κ2) is 9.47. The summed E-state index contributed by atoms with van der Waals surface area (Å²) >= 11 is 0. The Morgan fingerprint density at radius 2 is 2.09 bits per heavy atom. The van der Waals surface area contributed by atoms with Crippen LogP contribution in [-0.4, -0.2) is 47.3 Å². The van der Waals surface area contributed by atoms with Gasteiger partial charge in [-0.2, -0.15) is 0 Å². The topological polar surface area (TPSA) is 118 Å². The number of aromatic nitrogens is 1. The zero-order valence-electron chi connectivity index (χ0n) is 17.1. The number of aliphatic hydroxyl groups excluding tert-OH is 1. The molecule has 0 spiro atoms. The molecular formula is C22H22ClFN4O4. The number of carbonyl (C=O) groups excluding carboxylic acids is 2. The predicted octanol–water partition coefficient (Wildman–Crippen LogP) is 2.42. The Hall–Kier alpha value is -3.27. The lowest BCUT2D eigenvalue weighted by atomic mass is 10.1. The van der Waals surface area contributed by atoms with Crippen LogP contribution in [0.3, 0.4) is 0 Å². The van der Waals surface area contributed by atoms with Crippen LogP contribution in [0.2, 0.25) is 0 Å². The van der Waals surface area contributed by atoms with Gasteiger partial charge in [0.2, 0.25) is 0 Å². The van der Waals surface area contributed by atoms with Crippen LogP contribution in [0.25, 0.3) is 10.8 Å². The second-order valence-corrected chi connectivity index (χ2v) is 7.28. The number of amides is 2. The first-order valence-electron chi connectivity index (χ1n) is 9.67. The van der Waals surface area contributed by atoms with Crippen LogP contribution in [0.15, 0.2) is 48.7 Å². The molecule has 1 aromatic heterocycles. The van der Waals surface area contributed by atoms with E-state index in [2.05, 4.69) is 10.3 Å². The van der Waals surface area contributed by atoms with Crippen molar-refractivity contribution in [2.45, 2.75) is 19.1 Å². The standard InChI is InChI=1S/C22H21FN4O4.ClH/c1-12-2-3-14(23)11-17(12)27-8-9-31-19(22(27)30)18(28)21(29)26-15-4-5-16-13(10-15)6-7-25-20(16)24;/h2-7,10-11,18-19,28H,8-9H2,1H3,(H2,24,25)(H,26,29);1H/t18-,19-;/m1./s1. The molecule has 0 saturated carbocycles. The van der Waals surface area contributed by atoms with Crippen LogP contribution in [0.5, 0.6) is 0 Å². The third kappa shape index (κ3) is 4.50. The molecule has 1 saturated heterocycles. The van der Waals surface area contributed by atoms with Gasteiger partial charge in [0.05, 0.1) is 6.61 Å². The average molecular weight is 461 g/mol. The second-order valence-electron chi connectivity index (χ2n) is 7.28. The minimum atomic E-state index is -1.75. The molecule has 0 unspecified atom stereocenters. The molecule has 4 rings (SSSR count). The minimum absolute atomic E-state index is 0. The predicted molar refractivity (Wildman–Crippen MR) is 121 cm³/mol. The van der Waals surface area contributed by atoms with Crippen LogP contribution in [-0.2, 0) is 14.3 Å². The van der Waals surface area contributed by atoms with E-state index >= 15 is 0 Å². The van der Waals surface area contributed by atoms with E-state index < -0.39 is 29.8 Å². The molecule has 0 bridgehead atoms. The molecule has 4 N–H and O–H groups in total. The van der Waals surface area contributed by atoms with Gasteiger partial charge in [-0.3, -0.25) is 9.59 Å². The Labute approximate surface area is 189 Å². The molecule has 2 heterocycles. The van der Waals surface area contributed by atoms with E-state index in [1.165, 1.54) is 17.0 Å². The summed E-state index contributed by atoms with van der Waals surface area (Å²) in [5, 5.41) is 14.6. The van der Waals surface area contributed by atoms with Gasteiger partial charge in [0.15, 0.2) is 12.2 Å². The van der Waals surface area contributed by atoms with Gasteiger partial charge in [-0.1, -0.05) is 6.07 Å². The number of rotatable bonds is 4. The summed E-state index contributed by atoms with van der Waals surface area (Å²) in [5.41, 5.74) is 7.32. The number of hydrogen-bond acceptors (Lipinski definition) is 6. The summed E-state index contributed by atoms with van der Waals surface area (Å²) in [7, 11) is 0. The lowest BCUT2D eigenvalue weighted by molar-refractivity contribution is -0.150. The first-order valence-corrected chi connectivity index (χ1v) is 9.67. The number of morpholine rings is 1. The number of aryl methyl sites for hydroxylation is 1. The molecule has 1 aliphatic heterocycles. The largest absolute Gasteiger partial charge is 0.383 e. The quantitative estimate of drug-likeness (QED) is 0.550. The van der Waals surface area contributed by atoms with E-state index in [0.29, 0.717) is 22.8 Å². The van der Waals surface area contributed by atoms with E-state index in [-0.39, 0.29) is 25.6 Å². The number of aliphatic hydroxyl groups is 1. The molecule has 1 fully saturated rings. The van der Waals surface area contributed by atoms with Crippen molar-refractivity contribution in [3.63, 3.8) is 0 Å². The van der Waals surface area contributed by atoms with Crippen LogP contribution >= 0.6 is 12.4 Å². The van der Waals surface area contributed by atoms with Crippen molar-refractivity contribution in [2.24, 2.45) is 0 Å². The number of ether oxygens (including phenoxy) is 1. The van der Waals surface area contributed by atoms with Gasteiger partial charge in [-0.25, -0.2) is 9.37 Å². The molecule has 1 aliphatic rings. The summed E-state index contributed by atoms with van der Waals surface area (Å²) in [6.07, 6.45) is -1.60. The Bertz CT molecular complexity index is 1180. The number of halogens is 2. The van der Waals surface area contributed by atoms with Crippen molar-refractivity contribution >= 4 is 52.2 Å². The van der Waals surface area contributed by atoms with E-state index in [4.69, 9.17) is 10.5 Å². The van der Waals surface area contributed by atoms with Crippen molar-refractivity contribution in [1.82, 2.24) is 4.98 Å². The first kappa shape index (κ1) is 23.4. The Kier molecular flexibility index (Phi) is 6.93. The first-order chi connectivity index (χ1) is 14.8. The fraction of sp³-hybridized carbons (Fsp3) is 0.227. The molecule has 3 aromatic rings. The third-order valence-corrected chi connectivity index (χ3v) is 5.20. The Morgan fingerprint density at radius 1 is 1.31 bits per heavy atom. The molecule has 0 aliphatic carbocycles. The molecular weight excluding hydrogens is 439 g/mol. The van der Waals surface area contributed by atoms with E-state index in [0.717, 1.165) is 10.8 Å². The Morgan fingerprint density at radius 3 is 2.88 bits per heavy atom. The minimum Gasteiger partial charge on any atom is -0.383 e. The van der Waals surface area contributed by atoms with Gasteiger partial charge < -0.3 is 25.8 Å². The number of anilines is 3. The monoisotopic (exact) mass is 460 g/mol. The maximum atomic E-state index is 13.7. The number of carbonyl (C=O) groups is 2. The van der Waals surface area contributed by atoms with E-state index in [1.807, 2.05) is 0 Å². The van der Waals surface area contributed by atoms with E-state index in [9.17, 15) is 19.1 Å². The smallest absolute Gasteiger partial charge is 0.259 e. The number of hydrogen-bond donors (Lipinski definition) is 3. The van der Waals surface area contributed by atoms with Gasteiger partial charge in [-0.05, 0) is 54.3 Å². The molecule has 168 valence electrons. The van der Waals surface area contributed by atoms with Crippen LogP contribution in [0.1, 0.15) is 5.56 Å². The number of fused-ring (bicyclic) bond motifs is 1. The zero-order valence-corrected chi connectivity index (χ0v) is 17.9. The van der Waals surface area contributed by atoms with Crippen molar-refractivity contribution < 1.29 is 23.8 Å². The molecule has 8 nitrogen and oxygen atoms in total. The van der Waals surface area contributed by atoms with Gasteiger partial charge in [-0.15, -0.1) is 12.4 Å². The molecule has 0 radical (unpaired) electrons. The summed E-state index contributed by atoms with van der Waals surface area (Å²) in [6.45, 7) is 2.03. The highest BCUT2D eigenvalue weighted by atomic mass is 35.5. The van der Waals surface area contributed by atoms with Crippen molar-refractivity contribution in [1.29, 1.82) is 0 Å². The normalized spacial score (nSPS) is 17.0. The lowest BCUT2D eigenvalue weighted by Gasteiger charge is -2.34. The van der Waals surface area contributed by atoms with Crippen molar-refractivity contribution in [3.8, 4) is 0 Å². The lowest BCUT2D eigenvalue weighted by Crippen LogP contribution is -2.55. The molecule has 2 atom stereocenters. The van der Waals surface area contributed by atoms with Gasteiger partial charge >= 0.3 is 0 Å². The average Bonchev–Trinajstić information content (AvgIpc) is 2.75. The maximum Gasteiger partial charge on any atom is 0.259 e. The van der Waals surface area contributed by atoms with Gasteiger partial charge in [0.1, 0.15) is 11.6 Å². The highest BCUT2D eigenvalue weighted by Crippen LogP contribution is 2.26. The Balaban J connectivity index is 0.00000289. The SMILES string of the molecule is Cc1ccc(F)cc1N1CCO[C@H]([C@@H](O)C(=O)Nc2ccc3c(N)nccc3c2)C1=O.Cl. The van der Waals surface area contributed by atoms with Crippen molar-refractivity contribution in [3.05, 3.63) is 60.0 Å². The number of benzene rings is 2. The number of nitrogens with one attached hydrogen (secondary N) is 1. The highest BCUT2D eigenvalue weighted by Gasteiger charge is 2.39. The zero-order chi connectivity index (χ0) is 22.1. The van der Waals surface area contributed by atoms with Crippen LogP contribution in [0.4, 0.5) is 21.6 Å². The summed E-state index contributed by atoms with van der Waals surface area (Å²) in [6, 6.07) is 10.9. The van der Waals surface area contributed by atoms with Crippen molar-refractivity contribution in [2.75, 3.05) is 29.1 Å². The van der Waals surface area contributed by atoms with Crippen LogP contribution < -0.4 is 16.0 Å². The van der Waals surface area contributed by atoms with Gasteiger partial charge in [0, 0.05) is 29.5 Å². The molecule has 2 amide bonds. The van der Waals surface area contributed by atoms with Gasteiger partial charge in [0.25, 0.3) is 11.8 Å². The number of nitrogen functional groups attached to an aromatic ring is 1. The highest BCUT2D eigenvalue weighted by molar-refractivity contribution is 6.05. The molecule has 32 heavy (non-hydrogen) atoms. The number of nitrogens with zero attached hydrogens (tertiary/aromatic N) is 2. The summed E-state index contributed by atoms with van der Waals surface area (Å²) in [4.78, 5) is 30.9.